The Morgan fingerprint density at radius 2 is 2.13 bits per heavy atom. The number of aryl methyl sites for hydroxylation is 1. The lowest BCUT2D eigenvalue weighted by Crippen LogP contribution is -2.50. The fraction of sp³-hybridized carbons (Fsp3) is 0.444. The molecule has 0 aliphatic heterocycles. The molecule has 1 fully saturated rings. The van der Waals surface area contributed by atoms with Crippen LogP contribution in [0.25, 0.3) is 5.69 Å². The lowest BCUT2D eigenvalue weighted by Gasteiger charge is -2.28. The molecule has 1 saturated carbocycles. The standard InChI is InChI=1S/C18H23N3O2/c1-18(13-22,15-8-9-15)20-17(23)10-7-14-11-19-21(12-14)16-5-3-2-4-6-16/h2-6,11-12,15,22H,7-10,13H2,1H3,(H,20,23). The second-order valence-corrected chi connectivity index (χ2v) is 6.53. The number of aliphatic hydroxyl groups excluding tert-OH is 1. The van der Waals surface area contributed by atoms with Crippen LogP contribution < -0.4 is 5.32 Å². The fourth-order valence-corrected chi connectivity index (χ4v) is 2.84. The number of benzene rings is 1. The highest BCUT2D eigenvalue weighted by Gasteiger charge is 2.41. The monoisotopic (exact) mass is 313 g/mol. The Morgan fingerprint density at radius 1 is 1.39 bits per heavy atom. The minimum absolute atomic E-state index is 0.00462. The van der Waals surface area contributed by atoms with E-state index in [1.54, 1.807) is 6.20 Å². The van der Waals surface area contributed by atoms with Crippen molar-refractivity contribution in [3.05, 3.63) is 48.3 Å². The molecule has 1 aromatic carbocycles. The first kappa shape index (κ1) is 15.7. The average molecular weight is 313 g/mol. The molecule has 1 unspecified atom stereocenters. The van der Waals surface area contributed by atoms with Crippen LogP contribution in [0.4, 0.5) is 0 Å². The number of carbonyl (C=O) groups excluding carboxylic acids is 1. The summed E-state index contributed by atoms with van der Waals surface area (Å²) >= 11 is 0. The van der Waals surface area contributed by atoms with Gasteiger partial charge in [0.2, 0.25) is 5.91 Å². The fourth-order valence-electron chi connectivity index (χ4n) is 2.84. The lowest BCUT2D eigenvalue weighted by molar-refractivity contribution is -0.123. The van der Waals surface area contributed by atoms with Crippen LogP contribution in [0, 0.1) is 5.92 Å². The van der Waals surface area contributed by atoms with Gasteiger partial charge in [0, 0.05) is 12.6 Å². The summed E-state index contributed by atoms with van der Waals surface area (Å²) in [6, 6.07) is 9.89. The van der Waals surface area contributed by atoms with E-state index >= 15 is 0 Å². The summed E-state index contributed by atoms with van der Waals surface area (Å²) in [7, 11) is 0. The van der Waals surface area contributed by atoms with Crippen LogP contribution in [0.5, 0.6) is 0 Å². The molecule has 0 saturated heterocycles. The van der Waals surface area contributed by atoms with Gasteiger partial charge in [-0.25, -0.2) is 4.68 Å². The maximum Gasteiger partial charge on any atom is 0.220 e. The van der Waals surface area contributed by atoms with Crippen molar-refractivity contribution >= 4 is 5.91 Å². The van der Waals surface area contributed by atoms with Gasteiger partial charge in [0.25, 0.3) is 0 Å². The molecular formula is C18H23N3O2. The third-order valence-electron chi connectivity index (χ3n) is 4.53. The van der Waals surface area contributed by atoms with Crippen molar-refractivity contribution in [2.24, 2.45) is 5.92 Å². The van der Waals surface area contributed by atoms with E-state index in [4.69, 9.17) is 0 Å². The number of rotatable bonds is 7. The molecule has 23 heavy (non-hydrogen) atoms. The Hall–Kier alpha value is -2.14. The van der Waals surface area contributed by atoms with Crippen molar-refractivity contribution in [1.82, 2.24) is 15.1 Å². The lowest BCUT2D eigenvalue weighted by atomic mass is 9.96. The highest BCUT2D eigenvalue weighted by Crippen LogP contribution is 2.39. The van der Waals surface area contributed by atoms with Crippen molar-refractivity contribution in [3.8, 4) is 5.69 Å². The van der Waals surface area contributed by atoms with Crippen LogP contribution in [0.3, 0.4) is 0 Å². The van der Waals surface area contributed by atoms with E-state index in [1.807, 2.05) is 48.1 Å². The predicted octanol–water partition coefficient (Wildman–Crippen LogP) is 2.08. The quantitative estimate of drug-likeness (QED) is 0.822. The minimum atomic E-state index is -0.467. The average Bonchev–Trinajstić information content (AvgIpc) is 3.33. The number of aliphatic hydroxyl groups is 1. The van der Waals surface area contributed by atoms with E-state index in [-0.39, 0.29) is 12.5 Å². The summed E-state index contributed by atoms with van der Waals surface area (Å²) in [5.74, 6) is 0.401. The van der Waals surface area contributed by atoms with Gasteiger partial charge in [-0.05, 0) is 49.8 Å². The number of nitrogens with zero attached hydrogens (tertiary/aromatic N) is 2. The largest absolute Gasteiger partial charge is 0.394 e. The molecule has 1 heterocycles. The van der Waals surface area contributed by atoms with Crippen molar-refractivity contribution < 1.29 is 9.90 Å². The zero-order valence-corrected chi connectivity index (χ0v) is 13.4. The van der Waals surface area contributed by atoms with Crippen molar-refractivity contribution in [2.75, 3.05) is 6.61 Å². The Bertz CT molecular complexity index is 664. The SMILES string of the molecule is CC(CO)(NC(=O)CCc1cnn(-c2ccccc2)c1)C1CC1. The van der Waals surface area contributed by atoms with Gasteiger partial charge in [-0.1, -0.05) is 18.2 Å². The third-order valence-corrected chi connectivity index (χ3v) is 4.53. The molecule has 0 spiro atoms. The van der Waals surface area contributed by atoms with Crippen molar-refractivity contribution in [1.29, 1.82) is 0 Å². The molecule has 2 N–H and O–H groups in total. The number of aromatic nitrogens is 2. The summed E-state index contributed by atoms with van der Waals surface area (Å²) in [5, 5.41) is 16.9. The van der Waals surface area contributed by atoms with Crippen LogP contribution in [-0.4, -0.2) is 32.9 Å². The van der Waals surface area contributed by atoms with E-state index in [1.165, 1.54) is 0 Å². The van der Waals surface area contributed by atoms with Gasteiger partial charge >= 0.3 is 0 Å². The smallest absolute Gasteiger partial charge is 0.220 e. The first-order valence-electron chi connectivity index (χ1n) is 8.11. The van der Waals surface area contributed by atoms with Gasteiger partial charge in [0.15, 0.2) is 0 Å². The molecule has 5 heteroatoms. The van der Waals surface area contributed by atoms with E-state index in [9.17, 15) is 9.90 Å². The van der Waals surface area contributed by atoms with E-state index in [2.05, 4.69) is 10.4 Å². The number of hydrogen-bond acceptors (Lipinski definition) is 3. The Morgan fingerprint density at radius 3 is 2.78 bits per heavy atom. The maximum atomic E-state index is 12.2. The minimum Gasteiger partial charge on any atom is -0.394 e. The molecule has 2 aromatic rings. The number of para-hydroxylation sites is 1. The Kier molecular flexibility index (Phi) is 4.48. The Labute approximate surface area is 136 Å². The van der Waals surface area contributed by atoms with Gasteiger partial charge in [-0.15, -0.1) is 0 Å². The molecule has 1 aromatic heterocycles. The van der Waals surface area contributed by atoms with Gasteiger partial charge in [-0.2, -0.15) is 5.10 Å². The highest BCUT2D eigenvalue weighted by atomic mass is 16.3. The van der Waals surface area contributed by atoms with Gasteiger partial charge in [0.05, 0.1) is 24.0 Å². The molecule has 122 valence electrons. The van der Waals surface area contributed by atoms with Crippen molar-refractivity contribution in [2.45, 2.75) is 38.1 Å². The summed E-state index contributed by atoms with van der Waals surface area (Å²) in [6.45, 7) is 1.92. The van der Waals surface area contributed by atoms with Crippen LogP contribution in [0.15, 0.2) is 42.7 Å². The zero-order valence-electron chi connectivity index (χ0n) is 13.4. The van der Waals surface area contributed by atoms with Gasteiger partial charge in [0.1, 0.15) is 0 Å². The molecule has 0 bridgehead atoms. The summed E-state index contributed by atoms with van der Waals surface area (Å²) in [6.07, 6.45) is 6.97. The van der Waals surface area contributed by atoms with Crippen LogP contribution in [-0.2, 0) is 11.2 Å². The second kappa shape index (κ2) is 6.54. The molecular weight excluding hydrogens is 290 g/mol. The van der Waals surface area contributed by atoms with Gasteiger partial charge in [-0.3, -0.25) is 4.79 Å². The molecule has 3 rings (SSSR count). The van der Waals surface area contributed by atoms with Crippen LogP contribution in [0.2, 0.25) is 0 Å². The molecule has 1 amide bonds. The molecule has 1 aliphatic carbocycles. The number of carbonyl (C=O) groups is 1. The third kappa shape index (κ3) is 3.79. The van der Waals surface area contributed by atoms with Crippen molar-refractivity contribution in [3.63, 3.8) is 0 Å². The van der Waals surface area contributed by atoms with E-state index < -0.39 is 5.54 Å². The number of amides is 1. The summed E-state index contributed by atoms with van der Waals surface area (Å²) in [4.78, 5) is 12.2. The first-order chi connectivity index (χ1) is 11.1. The number of hydrogen-bond donors (Lipinski definition) is 2. The normalized spacial score (nSPS) is 16.8. The van der Waals surface area contributed by atoms with Crippen LogP contribution >= 0.6 is 0 Å². The summed E-state index contributed by atoms with van der Waals surface area (Å²) in [5.41, 5.74) is 1.57. The predicted molar refractivity (Wildman–Crippen MR) is 88.2 cm³/mol. The second-order valence-electron chi connectivity index (χ2n) is 6.53. The molecule has 1 aliphatic rings. The highest BCUT2D eigenvalue weighted by molar-refractivity contribution is 5.77. The molecule has 5 nitrogen and oxygen atoms in total. The Balaban J connectivity index is 1.54. The zero-order chi connectivity index (χ0) is 16.3. The molecule has 0 radical (unpaired) electrons. The summed E-state index contributed by atoms with van der Waals surface area (Å²) < 4.78 is 1.81. The van der Waals surface area contributed by atoms with Crippen LogP contribution in [0.1, 0.15) is 31.7 Å². The van der Waals surface area contributed by atoms with E-state index in [0.29, 0.717) is 18.8 Å². The maximum absolute atomic E-state index is 12.2. The molecule has 1 atom stereocenters. The topological polar surface area (TPSA) is 67.2 Å². The number of nitrogens with one attached hydrogen (secondary N) is 1. The first-order valence-corrected chi connectivity index (χ1v) is 8.11. The van der Waals surface area contributed by atoms with Gasteiger partial charge < -0.3 is 10.4 Å². The van der Waals surface area contributed by atoms with E-state index in [0.717, 1.165) is 24.1 Å².